The van der Waals surface area contributed by atoms with E-state index in [0.717, 1.165) is 44.4 Å². The van der Waals surface area contributed by atoms with E-state index in [-0.39, 0.29) is 6.61 Å². The zero-order valence-electron chi connectivity index (χ0n) is 20.3. The molecule has 0 aromatic heterocycles. The van der Waals surface area contributed by atoms with Crippen molar-refractivity contribution in [2.75, 3.05) is 6.61 Å². The molecule has 0 aliphatic rings. The molecule has 0 aromatic rings. The van der Waals surface area contributed by atoms with E-state index in [1.807, 2.05) is 0 Å². The molecule has 0 aromatic carbocycles. The van der Waals surface area contributed by atoms with Crippen molar-refractivity contribution in [3.63, 3.8) is 0 Å². The summed E-state index contributed by atoms with van der Waals surface area (Å²) in [5, 5.41) is 0. The summed E-state index contributed by atoms with van der Waals surface area (Å²) < 4.78 is 15.2. The van der Waals surface area contributed by atoms with Crippen molar-refractivity contribution in [3.8, 4) is 0 Å². The molecule has 0 spiro atoms. The number of phosphoric acid groups is 1. The Morgan fingerprint density at radius 3 is 1.80 bits per heavy atom. The van der Waals surface area contributed by atoms with Gasteiger partial charge >= 0.3 is 7.82 Å². The van der Waals surface area contributed by atoms with Crippen LogP contribution in [0.2, 0.25) is 0 Å². The molecule has 176 valence electrons. The first-order valence-corrected chi connectivity index (χ1v) is 13.2. The van der Waals surface area contributed by atoms with Crippen molar-refractivity contribution in [1.29, 1.82) is 0 Å². The smallest absolute Gasteiger partial charge is 0.303 e. The second-order valence-electron chi connectivity index (χ2n) is 9.31. The van der Waals surface area contributed by atoms with Crippen molar-refractivity contribution in [2.45, 2.75) is 106 Å². The van der Waals surface area contributed by atoms with E-state index in [9.17, 15) is 4.57 Å². The van der Waals surface area contributed by atoms with E-state index in [0.29, 0.717) is 12.3 Å². The van der Waals surface area contributed by atoms with Gasteiger partial charge in [-0.2, -0.15) is 0 Å². The van der Waals surface area contributed by atoms with Gasteiger partial charge in [0.1, 0.15) is 0 Å². The van der Waals surface area contributed by atoms with Crippen LogP contribution in [0, 0.1) is 11.8 Å². The van der Waals surface area contributed by atoms with Gasteiger partial charge in [0.25, 0.3) is 0 Å². The van der Waals surface area contributed by atoms with Gasteiger partial charge in [0.2, 0.25) is 0 Å². The Labute approximate surface area is 186 Å². The molecule has 0 aliphatic heterocycles. The van der Waals surface area contributed by atoms with Crippen LogP contribution in [0.1, 0.15) is 106 Å². The molecule has 4 nitrogen and oxygen atoms in total. The number of hydrogen-bond donors (Lipinski definition) is 2. The van der Waals surface area contributed by atoms with Crippen molar-refractivity contribution in [2.24, 2.45) is 11.8 Å². The molecule has 0 heterocycles. The Bertz CT molecular complexity index is 584. The Kier molecular flexibility index (Phi) is 16.6. The first-order valence-electron chi connectivity index (χ1n) is 11.7. The Balaban J connectivity index is 3.96. The quantitative estimate of drug-likeness (QED) is 0.176. The van der Waals surface area contributed by atoms with Crippen molar-refractivity contribution < 1.29 is 18.9 Å². The molecule has 0 saturated heterocycles. The molecule has 5 heteroatoms. The molecule has 30 heavy (non-hydrogen) atoms. The van der Waals surface area contributed by atoms with Gasteiger partial charge in [-0.25, -0.2) is 4.57 Å². The lowest BCUT2D eigenvalue weighted by atomic mass is 10.00. The number of allylic oxidation sites excluding steroid dienone is 6. The predicted molar refractivity (Wildman–Crippen MR) is 129 cm³/mol. The maximum atomic E-state index is 10.7. The first kappa shape index (κ1) is 29.3. The molecule has 0 radical (unpaired) electrons. The monoisotopic (exact) mass is 442 g/mol. The lowest BCUT2D eigenvalue weighted by molar-refractivity contribution is 0.185. The van der Waals surface area contributed by atoms with Crippen molar-refractivity contribution in [1.82, 2.24) is 0 Å². The van der Waals surface area contributed by atoms with E-state index >= 15 is 0 Å². The third-order valence-electron chi connectivity index (χ3n) is 5.44. The van der Waals surface area contributed by atoms with Gasteiger partial charge in [-0.3, -0.25) is 4.52 Å². The molecule has 0 rings (SSSR count). The molecule has 0 saturated carbocycles. The third kappa shape index (κ3) is 20.6. The highest BCUT2D eigenvalue weighted by Crippen LogP contribution is 2.36. The highest BCUT2D eigenvalue weighted by atomic mass is 31.2. The summed E-state index contributed by atoms with van der Waals surface area (Å²) in [5.41, 5.74) is 4.43. The molecule has 0 aliphatic carbocycles. The average Bonchev–Trinajstić information content (AvgIpc) is 2.60. The van der Waals surface area contributed by atoms with Crippen LogP contribution in [0.4, 0.5) is 0 Å². The second-order valence-corrected chi connectivity index (χ2v) is 10.5. The Morgan fingerprint density at radius 1 is 0.800 bits per heavy atom. The van der Waals surface area contributed by atoms with Crippen molar-refractivity contribution >= 4 is 7.82 Å². The Morgan fingerprint density at radius 2 is 1.30 bits per heavy atom. The third-order valence-corrected chi connectivity index (χ3v) is 5.96. The summed E-state index contributed by atoms with van der Waals surface area (Å²) in [4.78, 5) is 17.4. The fourth-order valence-corrected chi connectivity index (χ4v) is 3.66. The summed E-state index contributed by atoms with van der Waals surface area (Å²) >= 11 is 0. The normalized spacial score (nSPS) is 15.2. The Hall–Kier alpha value is -0.670. The standard InChI is InChI=1S/C25H47O4P/c1-21(2)11-7-12-22(3)13-8-14-23(4)15-9-16-24(5)17-10-18-25(6)19-20-29-30(26,27)28/h13,15,17,21,25H,7-12,14,16,18-20H2,1-6H3,(H2,26,27,28)/b22-13+,23-15+,24-17-/t25-/m0/s1. The summed E-state index contributed by atoms with van der Waals surface area (Å²) in [5.74, 6) is 1.20. The van der Waals surface area contributed by atoms with Crippen LogP contribution in [0.25, 0.3) is 0 Å². The first-order chi connectivity index (χ1) is 14.0. The van der Waals surface area contributed by atoms with E-state index in [1.165, 1.54) is 36.0 Å². The van der Waals surface area contributed by atoms with E-state index in [4.69, 9.17) is 9.79 Å². The maximum absolute atomic E-state index is 10.7. The minimum atomic E-state index is -4.33. The fourth-order valence-electron chi connectivity index (χ4n) is 3.32. The molecular formula is C25H47O4P. The lowest BCUT2D eigenvalue weighted by Gasteiger charge is -2.11. The molecule has 0 amide bonds. The predicted octanol–water partition coefficient (Wildman–Crippen LogP) is 8.13. The van der Waals surface area contributed by atoms with Crippen LogP contribution in [0.15, 0.2) is 34.9 Å². The van der Waals surface area contributed by atoms with Crippen LogP contribution in [0.3, 0.4) is 0 Å². The maximum Gasteiger partial charge on any atom is 0.469 e. The van der Waals surface area contributed by atoms with E-state index in [2.05, 4.69) is 64.3 Å². The van der Waals surface area contributed by atoms with Gasteiger partial charge in [0.15, 0.2) is 0 Å². The molecule has 0 unspecified atom stereocenters. The summed E-state index contributed by atoms with van der Waals surface area (Å²) in [7, 11) is -4.33. The lowest BCUT2D eigenvalue weighted by Crippen LogP contribution is -2.00. The largest absolute Gasteiger partial charge is 0.469 e. The van der Waals surface area contributed by atoms with E-state index < -0.39 is 7.82 Å². The number of hydrogen-bond acceptors (Lipinski definition) is 2. The van der Waals surface area contributed by atoms with Gasteiger partial charge in [0, 0.05) is 0 Å². The average molecular weight is 443 g/mol. The SMILES string of the molecule is C/C(=C/CC[C@H](C)CCOP(=O)(O)O)CC/C=C(\C)CC/C=C(\C)CCCC(C)C. The zero-order chi connectivity index (χ0) is 23.0. The topological polar surface area (TPSA) is 66.8 Å². The molecule has 1 atom stereocenters. The van der Waals surface area contributed by atoms with Crippen LogP contribution >= 0.6 is 7.82 Å². The van der Waals surface area contributed by atoms with E-state index in [1.54, 1.807) is 0 Å². The van der Waals surface area contributed by atoms with Gasteiger partial charge in [-0.15, -0.1) is 0 Å². The number of phosphoric ester groups is 1. The summed E-state index contributed by atoms with van der Waals surface area (Å²) in [6.07, 6.45) is 18.1. The van der Waals surface area contributed by atoms with Gasteiger partial charge in [0.05, 0.1) is 6.61 Å². The minimum absolute atomic E-state index is 0.116. The zero-order valence-corrected chi connectivity index (χ0v) is 21.2. The minimum Gasteiger partial charge on any atom is -0.303 e. The molecule has 0 fully saturated rings. The van der Waals surface area contributed by atoms with Crippen LogP contribution in [0.5, 0.6) is 0 Å². The summed E-state index contributed by atoms with van der Waals surface area (Å²) in [6.45, 7) is 13.5. The van der Waals surface area contributed by atoms with Crippen LogP contribution < -0.4 is 0 Å². The second kappa shape index (κ2) is 17.0. The fraction of sp³-hybridized carbons (Fsp3) is 0.760. The molecular weight excluding hydrogens is 395 g/mol. The van der Waals surface area contributed by atoms with Crippen LogP contribution in [-0.2, 0) is 9.09 Å². The van der Waals surface area contributed by atoms with Crippen molar-refractivity contribution in [3.05, 3.63) is 34.9 Å². The van der Waals surface area contributed by atoms with Gasteiger partial charge in [-0.1, -0.05) is 62.1 Å². The molecule has 2 N–H and O–H groups in total. The van der Waals surface area contributed by atoms with Gasteiger partial charge < -0.3 is 9.79 Å². The highest BCUT2D eigenvalue weighted by molar-refractivity contribution is 7.46. The highest BCUT2D eigenvalue weighted by Gasteiger charge is 2.13. The summed E-state index contributed by atoms with van der Waals surface area (Å²) in [6, 6.07) is 0. The van der Waals surface area contributed by atoms with Gasteiger partial charge in [-0.05, 0) is 90.4 Å². The van der Waals surface area contributed by atoms with Crippen LogP contribution in [-0.4, -0.2) is 16.4 Å². The molecule has 0 bridgehead atoms. The number of rotatable bonds is 17.